The van der Waals surface area contributed by atoms with Crippen LogP contribution in [0.2, 0.25) is 0 Å². The molecule has 0 saturated heterocycles. The molecule has 1 saturated carbocycles. The summed E-state index contributed by atoms with van der Waals surface area (Å²) in [4.78, 5) is 3.34. The summed E-state index contributed by atoms with van der Waals surface area (Å²) in [5, 5.41) is 5.22. The lowest BCUT2D eigenvalue weighted by atomic mass is 9.93. The Labute approximate surface area is 134 Å². The van der Waals surface area contributed by atoms with Crippen LogP contribution in [0.3, 0.4) is 0 Å². The third-order valence-electron chi connectivity index (χ3n) is 4.59. The summed E-state index contributed by atoms with van der Waals surface area (Å²) in [7, 11) is -2.05. The number of aromatic amines is 1. The van der Waals surface area contributed by atoms with Gasteiger partial charge >= 0.3 is 0 Å². The van der Waals surface area contributed by atoms with E-state index in [1.54, 1.807) is 24.0 Å². The zero-order valence-electron chi connectivity index (χ0n) is 12.8. The van der Waals surface area contributed by atoms with Crippen LogP contribution in [0, 0.1) is 0 Å². The molecule has 0 bridgehead atoms. The van der Waals surface area contributed by atoms with Crippen LogP contribution < -0.4 is 4.31 Å². The molecule has 2 aromatic heterocycles. The van der Waals surface area contributed by atoms with Crippen LogP contribution in [0.15, 0.2) is 47.8 Å². The minimum atomic E-state index is -3.63. The van der Waals surface area contributed by atoms with Gasteiger partial charge in [0.1, 0.15) is 4.90 Å². The number of aromatic nitrogens is 3. The van der Waals surface area contributed by atoms with Crippen molar-refractivity contribution in [2.75, 3.05) is 11.4 Å². The number of H-pyrrole nitrogens is 1. The van der Waals surface area contributed by atoms with Gasteiger partial charge in [-0.2, -0.15) is 5.10 Å². The molecule has 0 atom stereocenters. The number of anilines is 1. The van der Waals surface area contributed by atoms with Crippen molar-refractivity contribution < 1.29 is 8.42 Å². The van der Waals surface area contributed by atoms with Gasteiger partial charge in [0.25, 0.3) is 10.0 Å². The number of rotatable bonds is 4. The van der Waals surface area contributed by atoms with Crippen molar-refractivity contribution in [2.45, 2.75) is 30.2 Å². The van der Waals surface area contributed by atoms with Crippen LogP contribution in [0.1, 0.15) is 25.3 Å². The molecule has 4 rings (SSSR count). The molecule has 0 unspecified atom stereocenters. The highest BCUT2D eigenvalue weighted by Gasteiger charge is 2.27. The highest BCUT2D eigenvalue weighted by molar-refractivity contribution is 7.92. The summed E-state index contributed by atoms with van der Waals surface area (Å²) >= 11 is 0. The van der Waals surface area contributed by atoms with Crippen molar-refractivity contribution in [2.24, 2.45) is 0 Å². The molecule has 1 fully saturated rings. The maximum absolute atomic E-state index is 12.9. The predicted octanol–water partition coefficient (Wildman–Crippen LogP) is 2.91. The summed E-state index contributed by atoms with van der Waals surface area (Å²) in [6, 6.07) is 7.87. The Morgan fingerprint density at radius 3 is 2.87 bits per heavy atom. The fourth-order valence-corrected chi connectivity index (χ4v) is 4.07. The van der Waals surface area contributed by atoms with E-state index in [1.165, 1.54) is 16.9 Å². The topological polar surface area (TPSA) is 71.0 Å². The SMILES string of the molecule is CN(c1cccc2cc[nH]c12)S(=O)(=O)c1cnn(C2CCC2)c1. The largest absolute Gasteiger partial charge is 0.359 e. The van der Waals surface area contributed by atoms with Crippen LogP contribution >= 0.6 is 0 Å². The maximum Gasteiger partial charge on any atom is 0.267 e. The Morgan fingerprint density at radius 2 is 2.13 bits per heavy atom. The van der Waals surface area contributed by atoms with Gasteiger partial charge < -0.3 is 4.98 Å². The van der Waals surface area contributed by atoms with Crippen molar-refractivity contribution in [3.63, 3.8) is 0 Å². The lowest BCUT2D eigenvalue weighted by Crippen LogP contribution is -2.26. The monoisotopic (exact) mass is 330 g/mol. The minimum Gasteiger partial charge on any atom is -0.359 e. The third kappa shape index (κ3) is 2.23. The first-order chi connectivity index (χ1) is 11.1. The van der Waals surface area contributed by atoms with Gasteiger partial charge in [-0.15, -0.1) is 0 Å². The van der Waals surface area contributed by atoms with E-state index >= 15 is 0 Å². The van der Waals surface area contributed by atoms with Crippen LogP contribution in [0.5, 0.6) is 0 Å². The molecule has 1 aliphatic carbocycles. The van der Waals surface area contributed by atoms with E-state index in [1.807, 2.05) is 24.4 Å². The molecule has 0 aliphatic heterocycles. The maximum atomic E-state index is 12.9. The van der Waals surface area contributed by atoms with Gasteiger partial charge in [-0.3, -0.25) is 8.99 Å². The summed E-state index contributed by atoms with van der Waals surface area (Å²) in [5.41, 5.74) is 1.44. The Bertz CT molecular complexity index is 953. The predicted molar refractivity (Wildman–Crippen MR) is 89.0 cm³/mol. The molecule has 2 heterocycles. The Hall–Kier alpha value is -2.28. The Kier molecular flexibility index (Phi) is 3.19. The molecule has 3 aromatic rings. The molecule has 7 heteroatoms. The summed E-state index contributed by atoms with van der Waals surface area (Å²) < 4.78 is 28.9. The molecular formula is C16H18N4O2S. The van der Waals surface area contributed by atoms with Gasteiger partial charge in [0, 0.05) is 24.8 Å². The Morgan fingerprint density at radius 1 is 1.30 bits per heavy atom. The van der Waals surface area contributed by atoms with Gasteiger partial charge in [0.05, 0.1) is 23.4 Å². The number of sulfonamides is 1. The first-order valence-electron chi connectivity index (χ1n) is 7.66. The molecule has 1 aromatic carbocycles. The fraction of sp³-hybridized carbons (Fsp3) is 0.312. The molecule has 0 amide bonds. The summed E-state index contributed by atoms with van der Waals surface area (Å²) in [5.74, 6) is 0. The number of nitrogens with zero attached hydrogens (tertiary/aromatic N) is 3. The average molecular weight is 330 g/mol. The number of benzene rings is 1. The third-order valence-corrected chi connectivity index (χ3v) is 6.31. The number of fused-ring (bicyclic) bond motifs is 1. The molecule has 1 aliphatic rings. The minimum absolute atomic E-state index is 0.232. The van der Waals surface area contributed by atoms with Crippen molar-refractivity contribution >= 4 is 26.6 Å². The number of nitrogens with one attached hydrogen (secondary N) is 1. The molecular weight excluding hydrogens is 312 g/mol. The van der Waals surface area contributed by atoms with Crippen LogP contribution in [-0.4, -0.2) is 30.2 Å². The first kappa shape index (κ1) is 14.3. The van der Waals surface area contributed by atoms with E-state index in [-0.39, 0.29) is 4.90 Å². The van der Waals surface area contributed by atoms with Crippen LogP contribution in [0.25, 0.3) is 10.9 Å². The van der Waals surface area contributed by atoms with Gasteiger partial charge in [0.15, 0.2) is 0 Å². The van der Waals surface area contributed by atoms with E-state index in [9.17, 15) is 8.42 Å². The van der Waals surface area contributed by atoms with Gasteiger partial charge in [0.2, 0.25) is 0 Å². The lowest BCUT2D eigenvalue weighted by Gasteiger charge is -2.25. The molecule has 6 nitrogen and oxygen atoms in total. The molecule has 0 spiro atoms. The van der Waals surface area contributed by atoms with Crippen molar-refractivity contribution in [3.05, 3.63) is 42.9 Å². The highest BCUT2D eigenvalue weighted by Crippen LogP contribution is 2.33. The van der Waals surface area contributed by atoms with Gasteiger partial charge in [-0.1, -0.05) is 12.1 Å². The van der Waals surface area contributed by atoms with E-state index in [0.717, 1.165) is 23.7 Å². The average Bonchev–Trinajstić information content (AvgIpc) is 3.13. The number of para-hydroxylation sites is 1. The molecule has 0 radical (unpaired) electrons. The summed E-state index contributed by atoms with van der Waals surface area (Å²) in [6.45, 7) is 0. The lowest BCUT2D eigenvalue weighted by molar-refractivity contribution is 0.289. The normalized spacial score (nSPS) is 15.7. The molecule has 1 N–H and O–H groups in total. The van der Waals surface area contributed by atoms with Gasteiger partial charge in [-0.05, 0) is 31.4 Å². The molecule has 120 valence electrons. The smallest absolute Gasteiger partial charge is 0.267 e. The van der Waals surface area contributed by atoms with Crippen molar-refractivity contribution in [3.8, 4) is 0 Å². The van der Waals surface area contributed by atoms with E-state index < -0.39 is 10.0 Å². The number of hydrogen-bond donors (Lipinski definition) is 1. The van der Waals surface area contributed by atoms with Crippen molar-refractivity contribution in [1.29, 1.82) is 0 Å². The quantitative estimate of drug-likeness (QED) is 0.799. The first-order valence-corrected chi connectivity index (χ1v) is 9.10. The van der Waals surface area contributed by atoms with Gasteiger partial charge in [-0.25, -0.2) is 8.42 Å². The van der Waals surface area contributed by atoms with Crippen molar-refractivity contribution in [1.82, 2.24) is 14.8 Å². The Balaban J connectivity index is 1.72. The molecule has 23 heavy (non-hydrogen) atoms. The van der Waals surface area contributed by atoms with E-state index in [2.05, 4.69) is 10.1 Å². The highest BCUT2D eigenvalue weighted by atomic mass is 32.2. The summed E-state index contributed by atoms with van der Waals surface area (Å²) in [6.07, 6.45) is 8.21. The standard InChI is InChI=1S/C16H18N4O2S/c1-19(15-7-2-4-12-8-9-17-16(12)15)23(21,22)14-10-18-20(11-14)13-5-3-6-13/h2,4,7-11,13,17H,3,5-6H2,1H3. The second-order valence-electron chi connectivity index (χ2n) is 5.93. The van der Waals surface area contributed by atoms with E-state index in [4.69, 9.17) is 0 Å². The zero-order chi connectivity index (χ0) is 16.0. The number of hydrogen-bond acceptors (Lipinski definition) is 3. The van der Waals surface area contributed by atoms with E-state index in [0.29, 0.717) is 11.7 Å². The van der Waals surface area contributed by atoms with Crippen LogP contribution in [-0.2, 0) is 10.0 Å². The fourth-order valence-electron chi connectivity index (χ4n) is 2.92. The second-order valence-corrected chi connectivity index (χ2v) is 7.90. The second kappa shape index (κ2) is 5.13. The zero-order valence-corrected chi connectivity index (χ0v) is 13.6. The van der Waals surface area contributed by atoms with Crippen LogP contribution in [0.4, 0.5) is 5.69 Å².